The largest absolute Gasteiger partial charge is 0.486 e. The van der Waals surface area contributed by atoms with Gasteiger partial charge in [-0.2, -0.15) is 0 Å². The molecule has 1 heterocycles. The molecule has 0 radical (unpaired) electrons. The molecule has 0 bridgehead atoms. The molecule has 1 aromatic carbocycles. The predicted molar refractivity (Wildman–Crippen MR) is 77.0 cm³/mol. The Morgan fingerprint density at radius 3 is 2.75 bits per heavy atom. The Bertz CT molecular complexity index is 537. The van der Waals surface area contributed by atoms with Crippen LogP contribution in [0.4, 0.5) is 0 Å². The number of carbonyl (C=O) groups excluding carboxylic acids is 1. The van der Waals surface area contributed by atoms with E-state index in [-0.39, 0.29) is 0 Å². The van der Waals surface area contributed by atoms with Crippen molar-refractivity contribution in [2.24, 2.45) is 11.5 Å². The second-order valence-corrected chi connectivity index (χ2v) is 6.68. The van der Waals surface area contributed by atoms with Crippen LogP contribution < -0.4 is 20.9 Å². The molecule has 2 aliphatic rings. The van der Waals surface area contributed by atoms with Crippen LogP contribution in [0.2, 0.25) is 0 Å². The van der Waals surface area contributed by atoms with Crippen LogP contribution in [0.1, 0.15) is 19.3 Å². The molecule has 0 spiro atoms. The summed E-state index contributed by atoms with van der Waals surface area (Å²) in [6.07, 6.45) is 2.19. The van der Waals surface area contributed by atoms with Gasteiger partial charge in [-0.1, -0.05) is 0 Å². The van der Waals surface area contributed by atoms with Gasteiger partial charge in [-0.25, -0.2) is 0 Å². The van der Waals surface area contributed by atoms with Gasteiger partial charge in [0, 0.05) is 10.1 Å². The van der Waals surface area contributed by atoms with Crippen molar-refractivity contribution in [3.63, 3.8) is 0 Å². The lowest BCUT2D eigenvalue weighted by Crippen LogP contribution is -2.50. The zero-order chi connectivity index (χ0) is 14.2. The normalized spacial score (nSPS) is 28.4. The first-order chi connectivity index (χ1) is 9.57. The van der Waals surface area contributed by atoms with Crippen LogP contribution in [0.3, 0.4) is 0 Å². The molecule has 2 atom stereocenters. The second kappa shape index (κ2) is 5.18. The molecule has 1 amide bonds. The average molecular weight is 294 g/mol. The summed E-state index contributed by atoms with van der Waals surface area (Å²) >= 11 is 1.72. The van der Waals surface area contributed by atoms with Gasteiger partial charge in [-0.05, 0) is 37.5 Å². The topological polar surface area (TPSA) is 87.6 Å². The van der Waals surface area contributed by atoms with E-state index in [0.29, 0.717) is 31.3 Å². The number of rotatable bonds is 3. The Morgan fingerprint density at radius 1 is 1.30 bits per heavy atom. The third-order valence-electron chi connectivity index (χ3n) is 3.81. The minimum Gasteiger partial charge on any atom is -0.486 e. The molecule has 1 saturated carbocycles. The Balaban J connectivity index is 1.68. The van der Waals surface area contributed by atoms with E-state index >= 15 is 0 Å². The Kier molecular flexibility index (Phi) is 3.52. The van der Waals surface area contributed by atoms with Gasteiger partial charge in [0.25, 0.3) is 0 Å². The monoisotopic (exact) mass is 294 g/mol. The molecule has 20 heavy (non-hydrogen) atoms. The number of amides is 1. The number of nitrogens with two attached hydrogens (primary N) is 2. The Morgan fingerprint density at radius 2 is 2.05 bits per heavy atom. The number of hydrogen-bond donors (Lipinski definition) is 2. The van der Waals surface area contributed by atoms with E-state index < -0.39 is 11.4 Å². The molecule has 1 aliphatic heterocycles. The highest BCUT2D eigenvalue weighted by molar-refractivity contribution is 8.00. The first-order valence-electron chi connectivity index (χ1n) is 6.72. The van der Waals surface area contributed by atoms with E-state index in [4.69, 9.17) is 20.9 Å². The summed E-state index contributed by atoms with van der Waals surface area (Å²) in [6.45, 7) is 1.18. The number of ether oxygens (including phenoxy) is 2. The number of thioether (sulfide) groups is 1. The summed E-state index contributed by atoms with van der Waals surface area (Å²) in [6, 6.07) is 5.93. The molecular weight excluding hydrogens is 276 g/mol. The smallest absolute Gasteiger partial charge is 0.237 e. The van der Waals surface area contributed by atoms with E-state index in [1.807, 2.05) is 18.2 Å². The summed E-state index contributed by atoms with van der Waals surface area (Å²) in [7, 11) is 0. The van der Waals surface area contributed by atoms with Crippen molar-refractivity contribution in [2.75, 3.05) is 13.2 Å². The lowest BCUT2D eigenvalue weighted by molar-refractivity contribution is -0.122. The van der Waals surface area contributed by atoms with Gasteiger partial charge in [-0.3, -0.25) is 4.79 Å². The molecule has 3 rings (SSSR count). The van der Waals surface area contributed by atoms with E-state index in [0.717, 1.165) is 22.8 Å². The van der Waals surface area contributed by atoms with E-state index in [2.05, 4.69) is 0 Å². The average Bonchev–Trinajstić information content (AvgIpc) is 2.81. The van der Waals surface area contributed by atoms with Crippen molar-refractivity contribution in [3.8, 4) is 11.5 Å². The van der Waals surface area contributed by atoms with Gasteiger partial charge in [0.15, 0.2) is 11.5 Å². The van der Waals surface area contributed by atoms with Gasteiger partial charge in [0.1, 0.15) is 13.2 Å². The molecule has 1 aliphatic carbocycles. The van der Waals surface area contributed by atoms with Crippen LogP contribution >= 0.6 is 11.8 Å². The van der Waals surface area contributed by atoms with Crippen LogP contribution in [-0.2, 0) is 4.79 Å². The summed E-state index contributed by atoms with van der Waals surface area (Å²) in [4.78, 5) is 12.5. The first kappa shape index (κ1) is 13.6. The SMILES string of the molecule is NC(=O)C1(N)CCC(Sc2ccc3c(c2)OCCO3)C1. The molecule has 2 unspecified atom stereocenters. The zero-order valence-corrected chi connectivity index (χ0v) is 11.9. The lowest BCUT2D eigenvalue weighted by Gasteiger charge is -2.20. The van der Waals surface area contributed by atoms with Gasteiger partial charge in [0.05, 0.1) is 5.54 Å². The quantitative estimate of drug-likeness (QED) is 0.877. The minimum absolute atomic E-state index is 0.315. The molecule has 4 N–H and O–H groups in total. The zero-order valence-electron chi connectivity index (χ0n) is 11.1. The molecule has 5 nitrogen and oxygen atoms in total. The molecule has 0 aromatic heterocycles. The van der Waals surface area contributed by atoms with E-state index in [1.54, 1.807) is 11.8 Å². The summed E-state index contributed by atoms with van der Waals surface area (Å²) < 4.78 is 11.1. The predicted octanol–water partition coefficient (Wildman–Crippen LogP) is 1.29. The molecule has 0 saturated heterocycles. The fraction of sp³-hybridized carbons (Fsp3) is 0.500. The van der Waals surface area contributed by atoms with Crippen molar-refractivity contribution in [2.45, 2.75) is 34.9 Å². The molecule has 1 aromatic rings. The minimum atomic E-state index is -0.842. The van der Waals surface area contributed by atoms with Crippen molar-refractivity contribution in [1.29, 1.82) is 0 Å². The van der Waals surface area contributed by atoms with Crippen LogP contribution in [0.5, 0.6) is 11.5 Å². The highest BCUT2D eigenvalue weighted by Crippen LogP contribution is 2.41. The van der Waals surface area contributed by atoms with Crippen molar-refractivity contribution in [3.05, 3.63) is 18.2 Å². The number of carbonyl (C=O) groups is 1. The number of benzene rings is 1. The highest BCUT2D eigenvalue weighted by atomic mass is 32.2. The summed E-state index contributed by atoms with van der Waals surface area (Å²) in [5.41, 5.74) is 10.6. The van der Waals surface area contributed by atoms with Crippen molar-refractivity contribution in [1.82, 2.24) is 0 Å². The number of fused-ring (bicyclic) bond motifs is 1. The fourth-order valence-corrected chi connectivity index (χ4v) is 3.97. The maximum atomic E-state index is 11.4. The van der Waals surface area contributed by atoms with Gasteiger partial charge in [-0.15, -0.1) is 11.8 Å². The van der Waals surface area contributed by atoms with Gasteiger partial charge in [0.2, 0.25) is 5.91 Å². The van der Waals surface area contributed by atoms with Crippen molar-refractivity contribution < 1.29 is 14.3 Å². The summed E-state index contributed by atoms with van der Waals surface area (Å²) in [5.74, 6) is 1.17. The number of hydrogen-bond acceptors (Lipinski definition) is 5. The molecule has 6 heteroatoms. The van der Waals surface area contributed by atoms with Crippen molar-refractivity contribution >= 4 is 17.7 Å². The maximum Gasteiger partial charge on any atom is 0.237 e. The number of primary amides is 1. The van der Waals surface area contributed by atoms with E-state index in [1.165, 1.54) is 0 Å². The van der Waals surface area contributed by atoms with Gasteiger partial charge >= 0.3 is 0 Å². The summed E-state index contributed by atoms with van der Waals surface area (Å²) in [5, 5.41) is 0.315. The standard InChI is InChI=1S/C14H18N2O3S/c15-13(17)14(16)4-3-10(8-14)20-9-1-2-11-12(7-9)19-6-5-18-11/h1-2,7,10H,3-6,8,16H2,(H2,15,17). The second-order valence-electron chi connectivity index (χ2n) is 5.31. The molecular formula is C14H18N2O3S. The van der Waals surface area contributed by atoms with E-state index in [9.17, 15) is 4.79 Å². The highest BCUT2D eigenvalue weighted by Gasteiger charge is 2.40. The molecule has 1 fully saturated rings. The third-order valence-corrected chi connectivity index (χ3v) is 5.07. The maximum absolute atomic E-state index is 11.4. The van der Waals surface area contributed by atoms with Gasteiger partial charge < -0.3 is 20.9 Å². The van der Waals surface area contributed by atoms with Crippen LogP contribution in [0.15, 0.2) is 23.1 Å². The first-order valence-corrected chi connectivity index (χ1v) is 7.60. The molecule has 108 valence electrons. The van der Waals surface area contributed by atoms with Crippen LogP contribution in [-0.4, -0.2) is 29.9 Å². The van der Waals surface area contributed by atoms with Crippen LogP contribution in [0.25, 0.3) is 0 Å². The van der Waals surface area contributed by atoms with Crippen LogP contribution in [0, 0.1) is 0 Å². The Labute approximate surface area is 122 Å². The third kappa shape index (κ3) is 2.58. The Hall–Kier alpha value is -1.40. The lowest BCUT2D eigenvalue weighted by atomic mass is 9.99. The fourth-order valence-electron chi connectivity index (χ4n) is 2.64.